The van der Waals surface area contributed by atoms with Crippen LogP contribution in [0.3, 0.4) is 0 Å². The molecule has 0 saturated carbocycles. The summed E-state index contributed by atoms with van der Waals surface area (Å²) in [6.45, 7) is 10.6. The number of urea groups is 1. The van der Waals surface area contributed by atoms with Gasteiger partial charge in [-0.25, -0.2) is 14.8 Å². The van der Waals surface area contributed by atoms with E-state index in [9.17, 15) is 9.90 Å². The molecule has 5 rings (SSSR count). The molecule has 2 aliphatic rings. The number of aliphatic hydroxyl groups excluding tert-OH is 1. The first-order chi connectivity index (χ1) is 19.6. The van der Waals surface area contributed by atoms with Gasteiger partial charge in [-0.2, -0.15) is 0 Å². The number of hydrogen-bond donors (Lipinski definition) is 1. The fraction of sp³-hybridized carbons (Fsp3) is 0.467. The molecule has 4 heterocycles. The normalized spacial score (nSPS) is 15.5. The van der Waals surface area contributed by atoms with Gasteiger partial charge in [0.1, 0.15) is 23.9 Å². The number of rotatable bonds is 8. The Morgan fingerprint density at radius 2 is 1.85 bits per heavy atom. The van der Waals surface area contributed by atoms with Crippen LogP contribution in [0.15, 0.2) is 33.9 Å². The van der Waals surface area contributed by atoms with Crippen LogP contribution < -0.4 is 9.64 Å². The lowest BCUT2D eigenvalue weighted by atomic mass is 10.0. The van der Waals surface area contributed by atoms with Crippen molar-refractivity contribution in [1.29, 1.82) is 0 Å². The van der Waals surface area contributed by atoms with Crippen LogP contribution in [0.5, 0.6) is 5.75 Å². The van der Waals surface area contributed by atoms with E-state index in [1.165, 1.54) is 11.1 Å². The van der Waals surface area contributed by atoms with Gasteiger partial charge in [-0.15, -0.1) is 0 Å². The standard InChI is InChI=1S/C30H37ClN6O4/c1-7-8-22(38)16-40-23-9-10-25(31)24(11-23)28-32-27(26-18(3)34-41-19(26)4)17(2)29(33-28)36-12-20-14-37(15-21(20)13-36)30(39)35(5)6/h9-11,22,38H,7-8,12-16H2,1-6H3/t22-/m1/s1. The molecule has 0 fully saturated rings. The van der Waals surface area contributed by atoms with Gasteiger partial charge in [-0.05, 0) is 56.5 Å². The van der Waals surface area contributed by atoms with Crippen LogP contribution in [0.1, 0.15) is 36.8 Å². The minimum absolute atomic E-state index is 0.0195. The van der Waals surface area contributed by atoms with Gasteiger partial charge in [0.15, 0.2) is 5.82 Å². The summed E-state index contributed by atoms with van der Waals surface area (Å²) in [4.78, 5) is 28.3. The van der Waals surface area contributed by atoms with Crippen molar-refractivity contribution in [2.75, 3.05) is 51.8 Å². The maximum Gasteiger partial charge on any atom is 0.320 e. The summed E-state index contributed by atoms with van der Waals surface area (Å²) < 4.78 is 11.4. The zero-order valence-electron chi connectivity index (χ0n) is 24.5. The fourth-order valence-electron chi connectivity index (χ4n) is 5.52. The van der Waals surface area contributed by atoms with Crippen molar-refractivity contribution in [3.63, 3.8) is 0 Å². The van der Waals surface area contributed by atoms with Crippen molar-refractivity contribution < 1.29 is 19.2 Å². The predicted molar refractivity (Wildman–Crippen MR) is 158 cm³/mol. The van der Waals surface area contributed by atoms with Crippen LogP contribution in [-0.4, -0.2) is 89.0 Å². The van der Waals surface area contributed by atoms with E-state index in [4.69, 9.17) is 30.8 Å². The summed E-state index contributed by atoms with van der Waals surface area (Å²) in [5, 5.41) is 14.8. The van der Waals surface area contributed by atoms with E-state index >= 15 is 0 Å². The fourth-order valence-corrected chi connectivity index (χ4v) is 5.72. The maximum absolute atomic E-state index is 12.5. The Balaban J connectivity index is 1.51. The molecule has 0 unspecified atom stereocenters. The van der Waals surface area contributed by atoms with E-state index in [1.54, 1.807) is 31.1 Å². The Morgan fingerprint density at radius 1 is 1.15 bits per heavy atom. The lowest BCUT2D eigenvalue weighted by Gasteiger charge is -2.27. The highest BCUT2D eigenvalue weighted by Gasteiger charge is 2.35. The molecular formula is C30H37ClN6O4. The minimum Gasteiger partial charge on any atom is -0.491 e. The maximum atomic E-state index is 12.5. The van der Waals surface area contributed by atoms with E-state index in [0.717, 1.165) is 34.8 Å². The average Bonchev–Trinajstić information content (AvgIpc) is 3.61. The molecule has 0 bridgehead atoms. The van der Waals surface area contributed by atoms with Gasteiger partial charge >= 0.3 is 6.03 Å². The Morgan fingerprint density at radius 3 is 2.46 bits per heavy atom. The number of ether oxygens (including phenoxy) is 1. The second-order valence-electron chi connectivity index (χ2n) is 11.0. The lowest BCUT2D eigenvalue weighted by molar-refractivity contribution is 0.0994. The Labute approximate surface area is 245 Å². The van der Waals surface area contributed by atoms with Crippen LogP contribution in [0.25, 0.3) is 22.6 Å². The SMILES string of the molecule is CCC[C@@H](O)COc1ccc(Cl)c(-c2nc(-c3c(C)noc3C)c(C)c(N3CC4=C(CN(C(=O)N(C)C)C4)C3)n2)c1. The highest BCUT2D eigenvalue weighted by Crippen LogP contribution is 2.39. The third kappa shape index (κ3) is 5.76. The number of benzene rings is 1. The summed E-state index contributed by atoms with van der Waals surface area (Å²) >= 11 is 6.70. The topological polar surface area (TPSA) is 108 Å². The second kappa shape index (κ2) is 11.7. The first-order valence-corrected chi connectivity index (χ1v) is 14.3. The highest BCUT2D eigenvalue weighted by atomic mass is 35.5. The molecule has 11 heteroatoms. The van der Waals surface area contributed by atoms with Crippen molar-refractivity contribution in [3.05, 3.63) is 51.4 Å². The molecule has 0 spiro atoms. The molecule has 3 aromatic rings. The minimum atomic E-state index is -0.541. The van der Waals surface area contributed by atoms with Crippen molar-refractivity contribution >= 4 is 23.4 Å². The molecule has 0 radical (unpaired) electrons. The average molecular weight is 581 g/mol. The van der Waals surface area contributed by atoms with Gasteiger partial charge in [0.2, 0.25) is 0 Å². The number of halogens is 1. The molecule has 2 aliphatic heterocycles. The molecule has 0 aliphatic carbocycles. The summed E-state index contributed by atoms with van der Waals surface area (Å²) in [7, 11) is 3.55. The van der Waals surface area contributed by atoms with Crippen molar-refractivity contribution in [2.45, 2.75) is 46.6 Å². The molecule has 2 amide bonds. The monoisotopic (exact) mass is 580 g/mol. The number of aromatic nitrogens is 3. The first kappa shape index (κ1) is 28.9. The number of aliphatic hydroxyl groups is 1. The van der Waals surface area contributed by atoms with Crippen LogP contribution in [0.4, 0.5) is 10.6 Å². The van der Waals surface area contributed by atoms with E-state index < -0.39 is 6.10 Å². The van der Waals surface area contributed by atoms with E-state index in [2.05, 4.69) is 10.1 Å². The Hall–Kier alpha value is -3.63. The first-order valence-electron chi connectivity index (χ1n) is 13.9. The smallest absolute Gasteiger partial charge is 0.320 e. The zero-order valence-corrected chi connectivity index (χ0v) is 25.2. The molecule has 218 valence electrons. The highest BCUT2D eigenvalue weighted by molar-refractivity contribution is 6.33. The number of anilines is 1. The summed E-state index contributed by atoms with van der Waals surface area (Å²) in [6.07, 6.45) is 1.00. The molecule has 1 N–H and O–H groups in total. The van der Waals surface area contributed by atoms with Crippen LogP contribution in [0, 0.1) is 20.8 Å². The van der Waals surface area contributed by atoms with Crippen LogP contribution in [0.2, 0.25) is 5.02 Å². The van der Waals surface area contributed by atoms with Gasteiger partial charge < -0.3 is 29.1 Å². The van der Waals surface area contributed by atoms with Gasteiger partial charge in [0.25, 0.3) is 0 Å². The van der Waals surface area contributed by atoms with Crippen molar-refractivity contribution in [3.8, 4) is 28.4 Å². The number of hydrogen-bond acceptors (Lipinski definition) is 8. The van der Waals surface area contributed by atoms with Crippen LogP contribution >= 0.6 is 11.6 Å². The van der Waals surface area contributed by atoms with Crippen LogP contribution in [-0.2, 0) is 0 Å². The van der Waals surface area contributed by atoms with Gasteiger partial charge in [0.05, 0.1) is 28.1 Å². The zero-order chi connectivity index (χ0) is 29.4. The van der Waals surface area contributed by atoms with Gasteiger partial charge in [0, 0.05) is 51.4 Å². The van der Waals surface area contributed by atoms with E-state index in [-0.39, 0.29) is 12.6 Å². The quantitative estimate of drug-likeness (QED) is 0.370. The second-order valence-corrected chi connectivity index (χ2v) is 11.4. The van der Waals surface area contributed by atoms with E-state index in [0.29, 0.717) is 60.5 Å². The Bertz CT molecular complexity index is 1460. The number of amides is 2. The number of aryl methyl sites for hydroxylation is 2. The number of carbonyl (C=O) groups is 1. The molecular weight excluding hydrogens is 544 g/mol. The van der Waals surface area contributed by atoms with Crippen molar-refractivity contribution in [1.82, 2.24) is 24.9 Å². The molecule has 10 nitrogen and oxygen atoms in total. The molecule has 0 saturated heterocycles. The number of nitrogens with zero attached hydrogens (tertiary/aromatic N) is 6. The summed E-state index contributed by atoms with van der Waals surface area (Å²) in [5.74, 6) is 2.51. The third-order valence-corrected chi connectivity index (χ3v) is 7.94. The largest absolute Gasteiger partial charge is 0.491 e. The van der Waals surface area contributed by atoms with Gasteiger partial charge in [-0.1, -0.05) is 30.1 Å². The molecule has 41 heavy (non-hydrogen) atoms. The van der Waals surface area contributed by atoms with Crippen molar-refractivity contribution in [2.24, 2.45) is 0 Å². The third-order valence-electron chi connectivity index (χ3n) is 7.61. The molecule has 1 atom stereocenters. The summed E-state index contributed by atoms with van der Waals surface area (Å²) in [5.41, 5.74) is 6.35. The molecule has 2 aromatic heterocycles. The number of carbonyl (C=O) groups excluding carboxylic acids is 1. The predicted octanol–water partition coefficient (Wildman–Crippen LogP) is 5.03. The van der Waals surface area contributed by atoms with Gasteiger partial charge in [-0.3, -0.25) is 0 Å². The summed E-state index contributed by atoms with van der Waals surface area (Å²) in [6, 6.07) is 5.38. The molecule has 1 aromatic carbocycles. The Kier molecular flexibility index (Phi) is 8.24. The van der Waals surface area contributed by atoms with E-state index in [1.807, 2.05) is 38.7 Å². The lowest BCUT2D eigenvalue weighted by Crippen LogP contribution is -2.40.